The van der Waals surface area contributed by atoms with Crippen LogP contribution in [0.1, 0.15) is 53.7 Å². The van der Waals surface area contributed by atoms with Crippen molar-refractivity contribution in [3.05, 3.63) is 58.7 Å². The van der Waals surface area contributed by atoms with Crippen LogP contribution in [-0.2, 0) is 12.8 Å². The van der Waals surface area contributed by atoms with Crippen molar-refractivity contribution in [1.82, 2.24) is 0 Å². The zero-order valence-corrected chi connectivity index (χ0v) is 15.0. The van der Waals surface area contributed by atoms with E-state index in [1.807, 2.05) is 36.4 Å². The van der Waals surface area contributed by atoms with Gasteiger partial charge in [-0.3, -0.25) is 4.79 Å². The smallest absolute Gasteiger partial charge is 0.193 e. The molecule has 2 rings (SSSR count). The fraction of sp³-hybridized carbons (Fsp3) is 0.381. The van der Waals surface area contributed by atoms with Gasteiger partial charge in [-0.05, 0) is 60.4 Å². The molecule has 0 unspecified atom stereocenters. The van der Waals surface area contributed by atoms with Crippen molar-refractivity contribution in [3.8, 4) is 11.5 Å². The van der Waals surface area contributed by atoms with Crippen LogP contribution in [-0.4, -0.2) is 20.0 Å². The van der Waals surface area contributed by atoms with E-state index in [4.69, 9.17) is 9.47 Å². The second-order valence-electron chi connectivity index (χ2n) is 5.88. The van der Waals surface area contributed by atoms with Crippen LogP contribution in [0.4, 0.5) is 0 Å². The summed E-state index contributed by atoms with van der Waals surface area (Å²) in [5.41, 5.74) is 3.56. The number of benzene rings is 2. The molecule has 0 amide bonds. The van der Waals surface area contributed by atoms with E-state index < -0.39 is 0 Å². The van der Waals surface area contributed by atoms with Crippen LogP contribution in [0.25, 0.3) is 0 Å². The molecule has 0 radical (unpaired) electrons. The Labute approximate surface area is 144 Å². The number of hydrogen-bond donors (Lipinski definition) is 0. The third kappa shape index (κ3) is 3.97. The van der Waals surface area contributed by atoms with E-state index in [1.54, 1.807) is 14.2 Å². The molecule has 2 aromatic carbocycles. The van der Waals surface area contributed by atoms with Gasteiger partial charge >= 0.3 is 0 Å². The Kier molecular flexibility index (Phi) is 6.42. The zero-order valence-electron chi connectivity index (χ0n) is 15.0. The average Bonchev–Trinajstić information content (AvgIpc) is 2.61. The lowest BCUT2D eigenvalue weighted by Crippen LogP contribution is -2.05. The Morgan fingerprint density at radius 3 is 1.54 bits per heavy atom. The maximum atomic E-state index is 12.9. The van der Waals surface area contributed by atoms with Crippen molar-refractivity contribution in [1.29, 1.82) is 0 Å². The predicted molar refractivity (Wildman–Crippen MR) is 97.4 cm³/mol. The molecule has 3 nitrogen and oxygen atoms in total. The molecule has 0 N–H and O–H groups in total. The van der Waals surface area contributed by atoms with Crippen molar-refractivity contribution in [2.24, 2.45) is 0 Å². The van der Waals surface area contributed by atoms with Crippen LogP contribution in [0.5, 0.6) is 11.5 Å². The molecule has 0 aliphatic heterocycles. The third-order valence-corrected chi connectivity index (χ3v) is 4.12. The Hall–Kier alpha value is -2.29. The minimum Gasteiger partial charge on any atom is -0.496 e. The van der Waals surface area contributed by atoms with Crippen molar-refractivity contribution >= 4 is 5.78 Å². The van der Waals surface area contributed by atoms with Gasteiger partial charge in [0.15, 0.2) is 5.78 Å². The second-order valence-corrected chi connectivity index (χ2v) is 5.88. The average molecular weight is 326 g/mol. The highest BCUT2D eigenvalue weighted by molar-refractivity contribution is 6.09. The summed E-state index contributed by atoms with van der Waals surface area (Å²) in [5.74, 6) is 1.72. The highest BCUT2D eigenvalue weighted by Gasteiger charge is 2.14. The lowest BCUT2D eigenvalue weighted by molar-refractivity contribution is 0.103. The summed E-state index contributed by atoms with van der Waals surface area (Å²) in [6.07, 6.45) is 3.82. The highest BCUT2D eigenvalue weighted by atomic mass is 16.5. The van der Waals surface area contributed by atoms with E-state index in [0.717, 1.165) is 48.3 Å². The largest absolute Gasteiger partial charge is 0.496 e. The molecule has 0 saturated carbocycles. The van der Waals surface area contributed by atoms with Gasteiger partial charge in [0.25, 0.3) is 0 Å². The highest BCUT2D eigenvalue weighted by Crippen LogP contribution is 2.26. The van der Waals surface area contributed by atoms with Gasteiger partial charge in [0.05, 0.1) is 14.2 Å². The first-order valence-corrected chi connectivity index (χ1v) is 8.53. The molecule has 0 aliphatic carbocycles. The molecular formula is C21H26O3. The van der Waals surface area contributed by atoms with Crippen LogP contribution >= 0.6 is 0 Å². The first-order chi connectivity index (χ1) is 11.6. The number of carbonyl (C=O) groups is 1. The maximum absolute atomic E-state index is 12.9. The van der Waals surface area contributed by atoms with E-state index >= 15 is 0 Å². The number of rotatable bonds is 8. The number of aryl methyl sites for hydroxylation is 2. The lowest BCUT2D eigenvalue weighted by atomic mass is 9.96. The van der Waals surface area contributed by atoms with Crippen LogP contribution in [0, 0.1) is 0 Å². The number of ether oxygens (including phenoxy) is 2. The van der Waals surface area contributed by atoms with Gasteiger partial charge < -0.3 is 9.47 Å². The first-order valence-electron chi connectivity index (χ1n) is 8.53. The molecule has 0 spiro atoms. The van der Waals surface area contributed by atoms with E-state index in [-0.39, 0.29) is 5.78 Å². The summed E-state index contributed by atoms with van der Waals surface area (Å²) in [4.78, 5) is 12.9. The summed E-state index contributed by atoms with van der Waals surface area (Å²) in [7, 11) is 3.33. The number of carbonyl (C=O) groups excluding carboxylic acids is 1. The first kappa shape index (κ1) is 18.1. The molecule has 0 saturated heterocycles. The molecule has 0 fully saturated rings. The number of hydrogen-bond acceptors (Lipinski definition) is 3. The van der Waals surface area contributed by atoms with Crippen LogP contribution in [0.2, 0.25) is 0 Å². The molecule has 0 atom stereocenters. The number of ketones is 1. The molecule has 0 heterocycles. The normalized spacial score (nSPS) is 10.5. The van der Waals surface area contributed by atoms with Crippen molar-refractivity contribution < 1.29 is 14.3 Å². The zero-order chi connectivity index (χ0) is 17.5. The molecule has 2 aromatic rings. The Bertz CT molecular complexity index is 645. The Balaban J connectivity index is 2.37. The Morgan fingerprint density at radius 1 is 0.792 bits per heavy atom. The van der Waals surface area contributed by atoms with Crippen molar-refractivity contribution in [2.75, 3.05) is 14.2 Å². The molecule has 0 aromatic heterocycles. The second kappa shape index (κ2) is 8.53. The topological polar surface area (TPSA) is 35.5 Å². The summed E-state index contributed by atoms with van der Waals surface area (Å²) < 4.78 is 10.8. The van der Waals surface area contributed by atoms with E-state index in [9.17, 15) is 4.79 Å². The predicted octanol–water partition coefficient (Wildman–Crippen LogP) is 4.84. The standard InChI is InChI=1S/C21H26O3/c1-5-7-15-13-17(9-11-19(15)23-3)21(22)18-10-12-20(24-4)16(14-18)8-6-2/h9-14H,5-8H2,1-4H3. The summed E-state index contributed by atoms with van der Waals surface area (Å²) in [5, 5.41) is 0. The fourth-order valence-corrected chi connectivity index (χ4v) is 2.94. The molecule has 128 valence electrons. The third-order valence-electron chi connectivity index (χ3n) is 4.12. The fourth-order valence-electron chi connectivity index (χ4n) is 2.94. The van der Waals surface area contributed by atoms with Gasteiger partial charge in [0, 0.05) is 11.1 Å². The van der Waals surface area contributed by atoms with Gasteiger partial charge in [0.1, 0.15) is 11.5 Å². The quantitative estimate of drug-likeness (QED) is 0.651. The van der Waals surface area contributed by atoms with Gasteiger partial charge in [0.2, 0.25) is 0 Å². The van der Waals surface area contributed by atoms with Gasteiger partial charge in [-0.2, -0.15) is 0 Å². The summed E-state index contributed by atoms with van der Waals surface area (Å²) in [6.45, 7) is 4.24. The number of methoxy groups -OCH3 is 2. The summed E-state index contributed by atoms with van der Waals surface area (Å²) >= 11 is 0. The van der Waals surface area contributed by atoms with E-state index in [0.29, 0.717) is 11.1 Å². The minimum atomic E-state index is 0.0370. The monoisotopic (exact) mass is 326 g/mol. The molecule has 3 heteroatoms. The van der Waals surface area contributed by atoms with Gasteiger partial charge in [-0.25, -0.2) is 0 Å². The van der Waals surface area contributed by atoms with Gasteiger partial charge in [-0.15, -0.1) is 0 Å². The van der Waals surface area contributed by atoms with E-state index in [2.05, 4.69) is 13.8 Å². The van der Waals surface area contributed by atoms with Crippen LogP contribution in [0.3, 0.4) is 0 Å². The molecule has 0 bridgehead atoms. The van der Waals surface area contributed by atoms with Gasteiger partial charge in [-0.1, -0.05) is 26.7 Å². The van der Waals surface area contributed by atoms with Crippen LogP contribution in [0.15, 0.2) is 36.4 Å². The maximum Gasteiger partial charge on any atom is 0.193 e. The Morgan fingerprint density at radius 2 is 1.21 bits per heavy atom. The summed E-state index contributed by atoms with van der Waals surface area (Å²) in [6, 6.07) is 11.3. The lowest BCUT2D eigenvalue weighted by Gasteiger charge is -2.12. The minimum absolute atomic E-state index is 0.0370. The van der Waals surface area contributed by atoms with Crippen molar-refractivity contribution in [2.45, 2.75) is 39.5 Å². The molecule has 24 heavy (non-hydrogen) atoms. The molecular weight excluding hydrogens is 300 g/mol. The van der Waals surface area contributed by atoms with Crippen molar-refractivity contribution in [3.63, 3.8) is 0 Å². The van der Waals surface area contributed by atoms with Crippen LogP contribution < -0.4 is 9.47 Å². The SMILES string of the molecule is CCCc1cc(C(=O)c2ccc(OC)c(CCC)c2)ccc1OC. The molecule has 0 aliphatic rings. The van der Waals surface area contributed by atoms with E-state index in [1.165, 1.54) is 0 Å².